The van der Waals surface area contributed by atoms with Crippen LogP contribution >= 0.6 is 0 Å². The zero-order valence-corrected chi connectivity index (χ0v) is 13.5. The fourth-order valence-corrected chi connectivity index (χ4v) is 2.74. The number of nitrogens with one attached hydrogen (secondary N) is 1. The molecule has 1 N–H and O–H groups in total. The van der Waals surface area contributed by atoms with E-state index in [0.717, 1.165) is 26.2 Å². The molecule has 1 aliphatic heterocycles. The van der Waals surface area contributed by atoms with Crippen molar-refractivity contribution in [3.8, 4) is 0 Å². The van der Waals surface area contributed by atoms with Gasteiger partial charge in [-0.3, -0.25) is 4.98 Å². The monoisotopic (exact) mass is 293 g/mol. The quantitative estimate of drug-likeness (QED) is 0.829. The van der Waals surface area contributed by atoms with Crippen LogP contribution in [0.15, 0.2) is 18.5 Å². The Hall–Kier alpha value is -1.17. The van der Waals surface area contributed by atoms with E-state index < -0.39 is 0 Å². The number of rotatable bonds is 7. The first-order valence-corrected chi connectivity index (χ1v) is 7.59. The van der Waals surface area contributed by atoms with Crippen LogP contribution in [0.3, 0.4) is 0 Å². The van der Waals surface area contributed by atoms with Gasteiger partial charge in [0.05, 0.1) is 11.9 Å². The molecule has 1 aromatic rings. The predicted octanol–water partition coefficient (Wildman–Crippen LogP) is 1.68. The number of hydrogen-bond donors (Lipinski definition) is 1. The van der Waals surface area contributed by atoms with Gasteiger partial charge in [0.25, 0.3) is 0 Å². The average Bonchev–Trinajstić information content (AvgIpc) is 2.90. The molecule has 5 nitrogen and oxygen atoms in total. The molecule has 21 heavy (non-hydrogen) atoms. The number of pyridine rings is 1. The second-order valence-electron chi connectivity index (χ2n) is 5.98. The van der Waals surface area contributed by atoms with E-state index in [1.165, 1.54) is 11.3 Å². The zero-order valence-electron chi connectivity index (χ0n) is 13.5. The second kappa shape index (κ2) is 7.73. The molecule has 0 radical (unpaired) electrons. The van der Waals surface area contributed by atoms with E-state index in [1.807, 2.05) is 12.4 Å². The molecule has 2 atom stereocenters. The highest BCUT2D eigenvalue weighted by molar-refractivity contribution is 5.53. The molecule has 0 bridgehead atoms. The lowest BCUT2D eigenvalue weighted by Gasteiger charge is -2.21. The number of aromatic nitrogens is 1. The fraction of sp³-hybridized carbons (Fsp3) is 0.688. The van der Waals surface area contributed by atoms with E-state index >= 15 is 0 Å². The van der Waals surface area contributed by atoms with Crippen LogP contribution in [0.2, 0.25) is 0 Å². The zero-order chi connectivity index (χ0) is 15.2. The summed E-state index contributed by atoms with van der Waals surface area (Å²) in [7, 11) is 3.49. The van der Waals surface area contributed by atoms with E-state index in [2.05, 4.69) is 35.1 Å². The minimum absolute atomic E-state index is 0.117. The maximum absolute atomic E-state index is 5.52. The molecule has 1 aromatic heterocycles. The van der Waals surface area contributed by atoms with Crippen LogP contribution < -0.4 is 10.2 Å². The minimum atomic E-state index is 0.117. The summed E-state index contributed by atoms with van der Waals surface area (Å²) in [4.78, 5) is 6.59. The maximum Gasteiger partial charge on any atom is 0.102 e. The van der Waals surface area contributed by atoms with Crippen molar-refractivity contribution < 1.29 is 9.47 Å². The molecule has 0 amide bonds. The molecule has 2 heterocycles. The van der Waals surface area contributed by atoms with Crippen LogP contribution in [0.1, 0.15) is 19.4 Å². The lowest BCUT2D eigenvalue weighted by molar-refractivity contribution is -0.00461. The summed E-state index contributed by atoms with van der Waals surface area (Å²) >= 11 is 0. The molecular formula is C16H27N3O2. The highest BCUT2D eigenvalue weighted by atomic mass is 16.5. The van der Waals surface area contributed by atoms with E-state index in [1.54, 1.807) is 14.2 Å². The van der Waals surface area contributed by atoms with Crippen molar-refractivity contribution in [2.24, 2.45) is 5.92 Å². The number of nitrogens with zero attached hydrogens (tertiary/aromatic N) is 2. The number of methoxy groups -OCH3 is 2. The van der Waals surface area contributed by atoms with Crippen LogP contribution in [-0.4, -0.2) is 51.0 Å². The van der Waals surface area contributed by atoms with Crippen LogP contribution in [0.25, 0.3) is 0 Å². The van der Waals surface area contributed by atoms with Crippen molar-refractivity contribution in [3.63, 3.8) is 0 Å². The summed E-state index contributed by atoms with van der Waals surface area (Å²) < 4.78 is 11.0. The average molecular weight is 293 g/mol. The number of hydrogen-bond acceptors (Lipinski definition) is 5. The minimum Gasteiger partial charge on any atom is -0.377 e. The van der Waals surface area contributed by atoms with Gasteiger partial charge in [-0.15, -0.1) is 0 Å². The molecule has 1 aliphatic rings. The predicted molar refractivity (Wildman–Crippen MR) is 84.6 cm³/mol. The van der Waals surface area contributed by atoms with Crippen molar-refractivity contribution in [2.45, 2.75) is 32.6 Å². The first kappa shape index (κ1) is 16.2. The van der Waals surface area contributed by atoms with E-state index in [-0.39, 0.29) is 12.2 Å². The number of anilines is 1. The first-order chi connectivity index (χ1) is 10.2. The Bertz CT molecular complexity index is 427. The van der Waals surface area contributed by atoms with E-state index in [0.29, 0.717) is 5.92 Å². The van der Waals surface area contributed by atoms with Gasteiger partial charge < -0.3 is 19.7 Å². The van der Waals surface area contributed by atoms with Crippen molar-refractivity contribution in [2.75, 3.05) is 38.8 Å². The van der Waals surface area contributed by atoms with Gasteiger partial charge in [-0.05, 0) is 24.1 Å². The number of ether oxygens (including phenoxy) is 2. The lowest BCUT2D eigenvalue weighted by Crippen LogP contribution is -2.27. The van der Waals surface area contributed by atoms with Crippen LogP contribution in [-0.2, 0) is 16.0 Å². The molecule has 2 rings (SSSR count). The van der Waals surface area contributed by atoms with Gasteiger partial charge in [0.2, 0.25) is 0 Å². The van der Waals surface area contributed by atoms with Crippen LogP contribution in [0.4, 0.5) is 5.69 Å². The maximum atomic E-state index is 5.52. The molecular weight excluding hydrogens is 266 g/mol. The van der Waals surface area contributed by atoms with Crippen molar-refractivity contribution in [1.29, 1.82) is 0 Å². The Morgan fingerprint density at radius 3 is 2.52 bits per heavy atom. The highest BCUT2D eigenvalue weighted by Gasteiger charge is 2.33. The van der Waals surface area contributed by atoms with Gasteiger partial charge in [-0.25, -0.2) is 0 Å². The van der Waals surface area contributed by atoms with Gasteiger partial charge in [0, 0.05) is 40.1 Å². The molecule has 118 valence electrons. The standard InChI is InChI=1S/C16H27N3O2/c1-12(2)7-18-8-13-5-6-17-9-14(13)19-10-15(20-3)16(11-19)21-4/h5-6,9,12,15-16,18H,7-8,10-11H2,1-4H3. The smallest absolute Gasteiger partial charge is 0.102 e. The molecule has 2 unspecified atom stereocenters. The van der Waals surface area contributed by atoms with Gasteiger partial charge in [0.1, 0.15) is 12.2 Å². The van der Waals surface area contributed by atoms with Crippen molar-refractivity contribution >= 4 is 5.69 Å². The largest absolute Gasteiger partial charge is 0.377 e. The SMILES string of the molecule is COC1CN(c2cnccc2CNCC(C)C)CC1OC. The van der Waals surface area contributed by atoms with Gasteiger partial charge in [0.15, 0.2) is 0 Å². The van der Waals surface area contributed by atoms with Crippen LogP contribution in [0.5, 0.6) is 0 Å². The van der Waals surface area contributed by atoms with Crippen LogP contribution in [0, 0.1) is 5.92 Å². The Labute approximate surface area is 127 Å². The highest BCUT2D eigenvalue weighted by Crippen LogP contribution is 2.26. The normalized spacial score (nSPS) is 22.2. The molecule has 0 aromatic carbocycles. The Kier molecular flexibility index (Phi) is 5.96. The Morgan fingerprint density at radius 1 is 1.29 bits per heavy atom. The van der Waals surface area contributed by atoms with Crippen molar-refractivity contribution in [3.05, 3.63) is 24.0 Å². The summed E-state index contributed by atoms with van der Waals surface area (Å²) in [5.41, 5.74) is 2.45. The second-order valence-corrected chi connectivity index (χ2v) is 5.98. The van der Waals surface area contributed by atoms with Crippen molar-refractivity contribution in [1.82, 2.24) is 10.3 Å². The molecule has 1 fully saturated rings. The third-order valence-electron chi connectivity index (χ3n) is 3.92. The summed E-state index contributed by atoms with van der Waals surface area (Å²) in [6.07, 6.45) is 4.03. The summed E-state index contributed by atoms with van der Waals surface area (Å²) in [5.74, 6) is 0.651. The molecule has 1 saturated heterocycles. The summed E-state index contributed by atoms with van der Waals surface area (Å²) in [5, 5.41) is 3.50. The van der Waals surface area contributed by atoms with E-state index in [9.17, 15) is 0 Å². The molecule has 0 spiro atoms. The third-order valence-corrected chi connectivity index (χ3v) is 3.92. The summed E-state index contributed by atoms with van der Waals surface area (Å²) in [6, 6.07) is 2.09. The van der Waals surface area contributed by atoms with Gasteiger partial charge >= 0.3 is 0 Å². The van der Waals surface area contributed by atoms with Gasteiger partial charge in [-0.2, -0.15) is 0 Å². The van der Waals surface area contributed by atoms with E-state index in [4.69, 9.17) is 9.47 Å². The Morgan fingerprint density at radius 2 is 1.95 bits per heavy atom. The Balaban J connectivity index is 2.06. The lowest BCUT2D eigenvalue weighted by atomic mass is 10.2. The third kappa shape index (κ3) is 4.15. The topological polar surface area (TPSA) is 46.6 Å². The van der Waals surface area contributed by atoms with Gasteiger partial charge in [-0.1, -0.05) is 13.8 Å². The summed E-state index contributed by atoms with van der Waals surface area (Å²) in [6.45, 7) is 8.00. The fourth-order valence-electron chi connectivity index (χ4n) is 2.74. The molecule has 0 aliphatic carbocycles. The molecule has 5 heteroatoms. The molecule has 0 saturated carbocycles. The first-order valence-electron chi connectivity index (χ1n) is 7.59.